The minimum atomic E-state index is -3.23. The van der Waals surface area contributed by atoms with E-state index in [0.717, 1.165) is 0 Å². The summed E-state index contributed by atoms with van der Waals surface area (Å²) in [6.45, 7) is 2.68. The second-order valence-electron chi connectivity index (χ2n) is 5.69. The fraction of sp³-hybridized carbons (Fsp3) is 0.400. The number of rotatable bonds is 3. The normalized spacial score (nSPS) is 20.0. The summed E-state index contributed by atoms with van der Waals surface area (Å²) in [5, 5.41) is 13.7. The SMILES string of the molecule is CCn1cc(C2CS(=O)(=O)CCN2C(=O)c2cncc(O)c2)cn1. The molecule has 1 aliphatic rings. The number of nitrogens with zero attached hydrogens (tertiary/aromatic N) is 4. The average molecular weight is 350 g/mol. The van der Waals surface area contributed by atoms with Crippen molar-refractivity contribution in [2.75, 3.05) is 18.1 Å². The first-order valence-corrected chi connectivity index (χ1v) is 9.39. The molecule has 9 heteroatoms. The van der Waals surface area contributed by atoms with Gasteiger partial charge in [-0.3, -0.25) is 14.5 Å². The van der Waals surface area contributed by atoms with E-state index in [1.165, 1.54) is 23.4 Å². The van der Waals surface area contributed by atoms with Crippen molar-refractivity contribution in [2.45, 2.75) is 19.5 Å². The monoisotopic (exact) mass is 350 g/mol. The number of hydrogen-bond donors (Lipinski definition) is 1. The minimum Gasteiger partial charge on any atom is -0.506 e. The third kappa shape index (κ3) is 3.25. The Morgan fingerprint density at radius 2 is 2.17 bits per heavy atom. The van der Waals surface area contributed by atoms with Crippen LogP contribution in [0, 0.1) is 0 Å². The van der Waals surface area contributed by atoms with Crippen molar-refractivity contribution >= 4 is 15.7 Å². The van der Waals surface area contributed by atoms with E-state index in [1.54, 1.807) is 17.1 Å². The van der Waals surface area contributed by atoms with E-state index in [2.05, 4.69) is 10.1 Å². The van der Waals surface area contributed by atoms with E-state index in [9.17, 15) is 18.3 Å². The first-order chi connectivity index (χ1) is 11.4. The third-order valence-electron chi connectivity index (χ3n) is 4.02. The van der Waals surface area contributed by atoms with Crippen molar-refractivity contribution in [1.82, 2.24) is 19.7 Å². The Bertz CT molecular complexity index is 862. The van der Waals surface area contributed by atoms with Crippen molar-refractivity contribution in [1.29, 1.82) is 0 Å². The van der Waals surface area contributed by atoms with E-state index in [1.807, 2.05) is 6.92 Å². The molecule has 2 aromatic rings. The number of carbonyl (C=O) groups is 1. The van der Waals surface area contributed by atoms with Gasteiger partial charge in [-0.1, -0.05) is 0 Å². The molecule has 0 spiro atoms. The lowest BCUT2D eigenvalue weighted by atomic mass is 10.1. The zero-order valence-electron chi connectivity index (χ0n) is 13.2. The highest BCUT2D eigenvalue weighted by Gasteiger charge is 2.36. The Labute approximate surface area is 139 Å². The number of sulfone groups is 1. The maximum Gasteiger partial charge on any atom is 0.256 e. The lowest BCUT2D eigenvalue weighted by Gasteiger charge is -2.35. The predicted octanol–water partition coefficient (Wildman–Crippen LogP) is 0.615. The van der Waals surface area contributed by atoms with Crippen LogP contribution in [0.5, 0.6) is 5.75 Å². The van der Waals surface area contributed by atoms with Crippen LogP contribution in [0.3, 0.4) is 0 Å². The molecule has 8 nitrogen and oxygen atoms in total. The predicted molar refractivity (Wildman–Crippen MR) is 86.2 cm³/mol. The first kappa shape index (κ1) is 16.4. The minimum absolute atomic E-state index is 0.0800. The van der Waals surface area contributed by atoms with Crippen LogP contribution in [-0.4, -0.2) is 57.1 Å². The molecule has 0 saturated carbocycles. The zero-order valence-corrected chi connectivity index (χ0v) is 14.0. The van der Waals surface area contributed by atoms with Crippen LogP contribution >= 0.6 is 0 Å². The molecule has 1 unspecified atom stereocenters. The van der Waals surface area contributed by atoms with Crippen LogP contribution in [0.25, 0.3) is 0 Å². The Kier molecular flexibility index (Phi) is 4.27. The number of carbonyl (C=O) groups excluding carboxylic acids is 1. The van der Waals surface area contributed by atoms with Crippen LogP contribution < -0.4 is 0 Å². The summed E-state index contributed by atoms with van der Waals surface area (Å²) in [5.74, 6) is -0.688. The summed E-state index contributed by atoms with van der Waals surface area (Å²) in [6, 6.07) is 0.726. The first-order valence-electron chi connectivity index (χ1n) is 7.57. The summed E-state index contributed by atoms with van der Waals surface area (Å²) < 4.78 is 25.8. The maximum atomic E-state index is 12.8. The molecule has 3 heterocycles. The van der Waals surface area contributed by atoms with E-state index >= 15 is 0 Å². The molecule has 1 amide bonds. The molecule has 0 aromatic carbocycles. The van der Waals surface area contributed by atoms with Gasteiger partial charge in [0.2, 0.25) is 0 Å². The fourth-order valence-electron chi connectivity index (χ4n) is 2.76. The molecule has 1 atom stereocenters. The molecule has 2 aromatic heterocycles. The summed E-state index contributed by atoms with van der Waals surface area (Å²) in [7, 11) is -3.23. The van der Waals surface area contributed by atoms with Gasteiger partial charge < -0.3 is 10.0 Å². The van der Waals surface area contributed by atoms with Crippen molar-refractivity contribution in [2.24, 2.45) is 0 Å². The van der Waals surface area contributed by atoms with Crippen LogP contribution in [0.2, 0.25) is 0 Å². The van der Waals surface area contributed by atoms with E-state index in [-0.39, 0.29) is 35.3 Å². The van der Waals surface area contributed by atoms with Crippen molar-refractivity contribution < 1.29 is 18.3 Å². The lowest BCUT2D eigenvalue weighted by Crippen LogP contribution is -2.46. The van der Waals surface area contributed by atoms with Gasteiger partial charge in [0.15, 0.2) is 9.84 Å². The molecule has 3 rings (SSSR count). The van der Waals surface area contributed by atoms with Crippen molar-refractivity contribution in [3.63, 3.8) is 0 Å². The van der Waals surface area contributed by atoms with Gasteiger partial charge >= 0.3 is 0 Å². The fourth-order valence-corrected chi connectivity index (χ4v) is 4.26. The van der Waals surface area contributed by atoms with Crippen LogP contribution in [0.4, 0.5) is 0 Å². The van der Waals surface area contributed by atoms with Gasteiger partial charge in [-0.2, -0.15) is 5.10 Å². The third-order valence-corrected chi connectivity index (χ3v) is 5.65. The van der Waals surface area contributed by atoms with Gasteiger partial charge in [0, 0.05) is 31.0 Å². The standard InChI is InChI=1S/C15H18N4O4S/c1-2-18-9-12(7-17-18)14-10-24(22,23)4-3-19(14)15(21)11-5-13(20)8-16-6-11/h5-9,14,20H,2-4,10H2,1H3. The average Bonchev–Trinajstić information content (AvgIpc) is 3.02. The maximum absolute atomic E-state index is 12.8. The van der Waals surface area contributed by atoms with E-state index in [0.29, 0.717) is 12.1 Å². The molecule has 0 radical (unpaired) electrons. The smallest absolute Gasteiger partial charge is 0.256 e. The molecular formula is C15H18N4O4S. The molecule has 1 fully saturated rings. The largest absolute Gasteiger partial charge is 0.506 e. The van der Waals surface area contributed by atoms with Crippen molar-refractivity contribution in [3.05, 3.63) is 42.0 Å². The number of aromatic hydroxyl groups is 1. The van der Waals surface area contributed by atoms with Gasteiger partial charge in [-0.05, 0) is 13.0 Å². The number of hydrogen-bond acceptors (Lipinski definition) is 6. The molecule has 24 heavy (non-hydrogen) atoms. The Morgan fingerprint density at radius 1 is 1.38 bits per heavy atom. The second kappa shape index (κ2) is 6.23. The lowest BCUT2D eigenvalue weighted by molar-refractivity contribution is 0.0696. The topological polar surface area (TPSA) is 105 Å². The summed E-state index contributed by atoms with van der Waals surface area (Å²) >= 11 is 0. The number of pyridine rings is 1. The molecule has 1 N–H and O–H groups in total. The molecule has 1 saturated heterocycles. The number of aromatic nitrogens is 3. The molecular weight excluding hydrogens is 332 g/mol. The Hall–Kier alpha value is -2.42. The van der Waals surface area contributed by atoms with Gasteiger partial charge in [-0.15, -0.1) is 0 Å². The zero-order chi connectivity index (χ0) is 17.3. The van der Waals surface area contributed by atoms with Crippen molar-refractivity contribution in [3.8, 4) is 5.75 Å². The van der Waals surface area contributed by atoms with E-state index in [4.69, 9.17) is 0 Å². The van der Waals surface area contributed by atoms with E-state index < -0.39 is 15.9 Å². The molecule has 1 aliphatic heterocycles. The molecule has 0 bridgehead atoms. The van der Waals surface area contributed by atoms with Gasteiger partial charge in [0.1, 0.15) is 5.75 Å². The van der Waals surface area contributed by atoms with Gasteiger partial charge in [0.05, 0.1) is 35.5 Å². The number of amides is 1. The van der Waals surface area contributed by atoms with Gasteiger partial charge in [0.25, 0.3) is 5.91 Å². The van der Waals surface area contributed by atoms with Gasteiger partial charge in [-0.25, -0.2) is 8.42 Å². The van der Waals surface area contributed by atoms with Crippen LogP contribution in [0.15, 0.2) is 30.9 Å². The highest BCUT2D eigenvalue weighted by Crippen LogP contribution is 2.28. The quantitative estimate of drug-likeness (QED) is 0.870. The second-order valence-corrected chi connectivity index (χ2v) is 7.92. The Balaban J connectivity index is 1.96. The summed E-state index contributed by atoms with van der Waals surface area (Å²) in [5.41, 5.74) is 0.906. The molecule has 128 valence electrons. The highest BCUT2D eigenvalue weighted by molar-refractivity contribution is 7.91. The summed E-state index contributed by atoms with van der Waals surface area (Å²) in [6.07, 6.45) is 5.94. The van der Waals surface area contributed by atoms with Crippen LogP contribution in [0.1, 0.15) is 28.9 Å². The summed E-state index contributed by atoms with van der Waals surface area (Å²) in [4.78, 5) is 18.1. The number of aryl methyl sites for hydroxylation is 1. The highest BCUT2D eigenvalue weighted by atomic mass is 32.2. The Morgan fingerprint density at radius 3 is 2.83 bits per heavy atom. The molecule has 0 aliphatic carbocycles. The van der Waals surface area contributed by atoms with Crippen LogP contribution in [-0.2, 0) is 16.4 Å².